The standard InChI is InChI=1S/C17H16N2O/c1-2-14-6-8-15(9-7-14)13-20-19-12-17-5-3-4-16(10-17)11-18/h3-10,12H,2,13H2,1H3. The van der Waals surface area contributed by atoms with Gasteiger partial charge in [-0.25, -0.2) is 0 Å². The molecule has 0 aliphatic carbocycles. The Morgan fingerprint density at radius 1 is 1.15 bits per heavy atom. The second-order valence-electron chi connectivity index (χ2n) is 4.42. The average Bonchev–Trinajstić information content (AvgIpc) is 2.52. The molecule has 2 rings (SSSR count). The summed E-state index contributed by atoms with van der Waals surface area (Å²) in [6.45, 7) is 2.57. The van der Waals surface area contributed by atoms with Crippen molar-refractivity contribution in [2.75, 3.05) is 0 Å². The molecule has 0 saturated heterocycles. The van der Waals surface area contributed by atoms with Crippen molar-refractivity contribution in [3.05, 3.63) is 70.8 Å². The van der Waals surface area contributed by atoms with Gasteiger partial charge in [-0.05, 0) is 35.2 Å². The Morgan fingerprint density at radius 3 is 2.60 bits per heavy atom. The molecule has 0 amide bonds. The number of nitriles is 1. The fourth-order valence-corrected chi connectivity index (χ4v) is 1.77. The lowest BCUT2D eigenvalue weighted by atomic mass is 10.1. The van der Waals surface area contributed by atoms with Crippen LogP contribution >= 0.6 is 0 Å². The third-order valence-electron chi connectivity index (χ3n) is 2.95. The second-order valence-corrected chi connectivity index (χ2v) is 4.42. The largest absolute Gasteiger partial charge is 0.391 e. The van der Waals surface area contributed by atoms with E-state index in [0.29, 0.717) is 12.2 Å². The number of nitrogens with zero attached hydrogens (tertiary/aromatic N) is 2. The van der Waals surface area contributed by atoms with Crippen molar-refractivity contribution in [2.45, 2.75) is 20.0 Å². The van der Waals surface area contributed by atoms with Crippen molar-refractivity contribution in [1.29, 1.82) is 5.26 Å². The summed E-state index contributed by atoms with van der Waals surface area (Å²) in [7, 11) is 0. The minimum Gasteiger partial charge on any atom is -0.391 e. The average molecular weight is 264 g/mol. The molecule has 20 heavy (non-hydrogen) atoms. The lowest BCUT2D eigenvalue weighted by molar-refractivity contribution is 0.132. The SMILES string of the molecule is CCc1ccc(CON=Cc2cccc(C#N)c2)cc1. The highest BCUT2D eigenvalue weighted by Gasteiger charge is 1.94. The highest BCUT2D eigenvalue weighted by Crippen LogP contribution is 2.07. The fourth-order valence-electron chi connectivity index (χ4n) is 1.77. The van der Waals surface area contributed by atoms with Gasteiger partial charge in [-0.3, -0.25) is 0 Å². The predicted molar refractivity (Wildman–Crippen MR) is 79.4 cm³/mol. The normalized spacial score (nSPS) is 10.4. The first-order valence-electron chi connectivity index (χ1n) is 6.55. The van der Waals surface area contributed by atoms with Gasteiger partial charge in [-0.15, -0.1) is 0 Å². The van der Waals surface area contributed by atoms with Crippen LogP contribution in [0, 0.1) is 11.3 Å². The molecule has 3 heteroatoms. The van der Waals surface area contributed by atoms with Crippen LogP contribution in [0.2, 0.25) is 0 Å². The van der Waals surface area contributed by atoms with Crippen molar-refractivity contribution < 1.29 is 4.84 Å². The van der Waals surface area contributed by atoms with Gasteiger partial charge in [0, 0.05) is 0 Å². The maximum absolute atomic E-state index is 8.80. The minimum atomic E-state index is 0.443. The smallest absolute Gasteiger partial charge is 0.142 e. The van der Waals surface area contributed by atoms with Crippen LogP contribution in [0.15, 0.2) is 53.7 Å². The van der Waals surface area contributed by atoms with Crippen LogP contribution in [0.4, 0.5) is 0 Å². The number of rotatable bonds is 5. The Bertz CT molecular complexity index is 624. The highest BCUT2D eigenvalue weighted by molar-refractivity contribution is 5.79. The van der Waals surface area contributed by atoms with Gasteiger partial charge in [-0.2, -0.15) is 5.26 Å². The molecule has 0 N–H and O–H groups in total. The van der Waals surface area contributed by atoms with E-state index in [2.05, 4.69) is 30.3 Å². The number of benzene rings is 2. The van der Waals surface area contributed by atoms with E-state index in [0.717, 1.165) is 17.5 Å². The topological polar surface area (TPSA) is 45.4 Å². The summed E-state index contributed by atoms with van der Waals surface area (Å²) < 4.78 is 0. The van der Waals surface area contributed by atoms with Gasteiger partial charge >= 0.3 is 0 Å². The predicted octanol–water partition coefficient (Wildman–Crippen LogP) is 3.67. The third-order valence-corrected chi connectivity index (χ3v) is 2.95. The van der Waals surface area contributed by atoms with E-state index in [4.69, 9.17) is 10.1 Å². The van der Waals surface area contributed by atoms with Gasteiger partial charge in [0.2, 0.25) is 0 Å². The zero-order chi connectivity index (χ0) is 14.2. The van der Waals surface area contributed by atoms with Crippen LogP contribution < -0.4 is 0 Å². The molecule has 0 aromatic heterocycles. The zero-order valence-electron chi connectivity index (χ0n) is 11.4. The summed E-state index contributed by atoms with van der Waals surface area (Å²) in [6, 6.07) is 17.6. The van der Waals surface area contributed by atoms with Crippen molar-refractivity contribution >= 4 is 6.21 Å². The van der Waals surface area contributed by atoms with Crippen LogP contribution in [0.25, 0.3) is 0 Å². The molecule has 0 heterocycles. The summed E-state index contributed by atoms with van der Waals surface area (Å²) in [4.78, 5) is 5.26. The van der Waals surface area contributed by atoms with E-state index in [1.165, 1.54) is 5.56 Å². The first-order chi connectivity index (χ1) is 9.81. The van der Waals surface area contributed by atoms with Crippen LogP contribution in [-0.4, -0.2) is 6.21 Å². The summed E-state index contributed by atoms with van der Waals surface area (Å²) in [6.07, 6.45) is 2.65. The molecule has 0 radical (unpaired) electrons. The van der Waals surface area contributed by atoms with E-state index in [-0.39, 0.29) is 0 Å². The van der Waals surface area contributed by atoms with Gasteiger partial charge in [0.15, 0.2) is 0 Å². The summed E-state index contributed by atoms with van der Waals surface area (Å²) in [5.41, 5.74) is 3.87. The monoisotopic (exact) mass is 264 g/mol. The molecule has 0 fully saturated rings. The number of aryl methyl sites for hydroxylation is 1. The van der Waals surface area contributed by atoms with Crippen LogP contribution in [0.5, 0.6) is 0 Å². The molecule has 0 atom stereocenters. The minimum absolute atomic E-state index is 0.443. The molecule has 0 bridgehead atoms. The summed E-state index contributed by atoms with van der Waals surface area (Å²) in [5, 5.41) is 12.7. The molecular formula is C17H16N2O. The molecule has 100 valence electrons. The van der Waals surface area contributed by atoms with Crippen LogP contribution in [0.1, 0.15) is 29.2 Å². The molecule has 3 nitrogen and oxygen atoms in total. The number of hydrogen-bond donors (Lipinski definition) is 0. The summed E-state index contributed by atoms with van der Waals surface area (Å²) >= 11 is 0. The molecule has 0 aliphatic heterocycles. The van der Waals surface area contributed by atoms with Crippen molar-refractivity contribution in [2.24, 2.45) is 5.16 Å². The van der Waals surface area contributed by atoms with Gasteiger partial charge in [-0.1, -0.05) is 48.5 Å². The molecule has 2 aromatic carbocycles. The van der Waals surface area contributed by atoms with Crippen molar-refractivity contribution in [3.8, 4) is 6.07 Å². The summed E-state index contributed by atoms with van der Waals surface area (Å²) in [5.74, 6) is 0. The quantitative estimate of drug-likeness (QED) is 0.611. The van der Waals surface area contributed by atoms with Crippen LogP contribution in [0.3, 0.4) is 0 Å². The van der Waals surface area contributed by atoms with E-state index < -0.39 is 0 Å². The number of oxime groups is 1. The first kappa shape index (κ1) is 13.8. The van der Waals surface area contributed by atoms with Gasteiger partial charge in [0.25, 0.3) is 0 Å². The Hall–Kier alpha value is -2.60. The van der Waals surface area contributed by atoms with E-state index in [1.807, 2.05) is 24.3 Å². The molecule has 0 saturated carbocycles. The first-order valence-corrected chi connectivity index (χ1v) is 6.55. The molecule has 2 aromatic rings. The van der Waals surface area contributed by atoms with Gasteiger partial charge < -0.3 is 4.84 Å². The van der Waals surface area contributed by atoms with Gasteiger partial charge in [0.05, 0.1) is 17.8 Å². The Kier molecular flexibility index (Phi) is 4.91. The van der Waals surface area contributed by atoms with Crippen LogP contribution in [-0.2, 0) is 17.9 Å². The van der Waals surface area contributed by atoms with Crippen molar-refractivity contribution in [3.63, 3.8) is 0 Å². The lowest BCUT2D eigenvalue weighted by Gasteiger charge is -2.01. The van der Waals surface area contributed by atoms with Crippen molar-refractivity contribution in [1.82, 2.24) is 0 Å². The highest BCUT2D eigenvalue weighted by atomic mass is 16.6. The van der Waals surface area contributed by atoms with E-state index in [9.17, 15) is 0 Å². The molecule has 0 aliphatic rings. The maximum atomic E-state index is 8.80. The van der Waals surface area contributed by atoms with Gasteiger partial charge in [0.1, 0.15) is 6.61 Å². The zero-order valence-corrected chi connectivity index (χ0v) is 11.4. The Morgan fingerprint density at radius 2 is 1.90 bits per heavy atom. The Labute approximate surface area is 119 Å². The number of hydrogen-bond acceptors (Lipinski definition) is 3. The molecule has 0 spiro atoms. The maximum Gasteiger partial charge on any atom is 0.142 e. The van der Waals surface area contributed by atoms with E-state index >= 15 is 0 Å². The molecular weight excluding hydrogens is 248 g/mol. The lowest BCUT2D eigenvalue weighted by Crippen LogP contribution is -1.89. The Balaban J connectivity index is 1.88. The molecule has 0 unspecified atom stereocenters. The second kappa shape index (κ2) is 7.10. The van der Waals surface area contributed by atoms with E-state index in [1.54, 1.807) is 18.3 Å². The fraction of sp³-hybridized carbons (Fsp3) is 0.176. The third kappa shape index (κ3) is 3.96.